The van der Waals surface area contributed by atoms with Crippen LogP contribution in [0.3, 0.4) is 0 Å². The van der Waals surface area contributed by atoms with E-state index in [-0.39, 0.29) is 5.97 Å². The molecule has 0 heterocycles. The third-order valence-electron chi connectivity index (χ3n) is 3.02. The maximum atomic E-state index is 11.0. The van der Waals surface area contributed by atoms with Gasteiger partial charge in [0.15, 0.2) is 11.5 Å². The fraction of sp³-hybridized carbons (Fsp3) is 0.471. The third kappa shape index (κ3) is 5.56. The average Bonchev–Trinajstić information content (AvgIpc) is 2.52. The molecule has 0 atom stereocenters. The molecule has 4 nitrogen and oxygen atoms in total. The quantitative estimate of drug-likeness (QED) is 0.287. The van der Waals surface area contributed by atoms with Gasteiger partial charge in [0.05, 0.1) is 30.1 Å². The van der Waals surface area contributed by atoms with E-state index in [0.29, 0.717) is 19.8 Å². The molecule has 0 aliphatic carbocycles. The molecule has 22 heavy (non-hydrogen) atoms. The molecule has 0 fully saturated rings. The Hall–Kier alpha value is -1.75. The molecule has 0 aliphatic rings. The van der Waals surface area contributed by atoms with Crippen molar-refractivity contribution in [1.29, 1.82) is 0 Å². The minimum atomic E-state index is -0.378. The molecule has 3 radical (unpaired) electrons. The predicted molar refractivity (Wildman–Crippen MR) is 88.3 cm³/mol. The van der Waals surface area contributed by atoms with Crippen LogP contribution in [0.2, 0.25) is 0 Å². The lowest BCUT2D eigenvalue weighted by Gasteiger charge is -2.17. The molecule has 0 amide bonds. The standard InChI is InChI=1S/C17H23O4Si/c1-4-15(18)21-12-8-7-9-13-10-11-14(22)17(20-6-3)16(13)19-5-2/h4,10-11H,1,5-9,12H2,2-3H3. The molecular formula is C17H23O4Si. The molecule has 0 bridgehead atoms. The first-order valence-electron chi connectivity index (χ1n) is 7.56. The van der Waals surface area contributed by atoms with Crippen LogP contribution in [-0.4, -0.2) is 36.0 Å². The Labute approximate surface area is 135 Å². The summed E-state index contributed by atoms with van der Waals surface area (Å²) in [4.78, 5) is 11.0. The van der Waals surface area contributed by atoms with E-state index in [1.807, 2.05) is 26.0 Å². The Morgan fingerprint density at radius 3 is 2.50 bits per heavy atom. The fourth-order valence-electron chi connectivity index (χ4n) is 2.04. The number of hydrogen-bond donors (Lipinski definition) is 0. The van der Waals surface area contributed by atoms with Gasteiger partial charge in [-0.1, -0.05) is 18.7 Å². The Balaban J connectivity index is 2.67. The summed E-state index contributed by atoms with van der Waals surface area (Å²) in [5.41, 5.74) is 1.10. The van der Waals surface area contributed by atoms with E-state index >= 15 is 0 Å². The van der Waals surface area contributed by atoms with Crippen LogP contribution in [0.25, 0.3) is 0 Å². The second-order valence-corrected chi connectivity index (χ2v) is 5.16. The van der Waals surface area contributed by atoms with Gasteiger partial charge in [0.25, 0.3) is 0 Å². The number of hydrogen-bond acceptors (Lipinski definition) is 4. The lowest BCUT2D eigenvalue weighted by atomic mass is 10.1. The molecule has 0 saturated carbocycles. The van der Waals surface area contributed by atoms with Crippen LogP contribution in [0.5, 0.6) is 11.5 Å². The Kier molecular flexibility index (Phi) is 8.36. The summed E-state index contributed by atoms with van der Waals surface area (Å²) in [6.07, 6.45) is 3.71. The van der Waals surface area contributed by atoms with Crippen molar-refractivity contribution in [2.45, 2.75) is 33.1 Å². The van der Waals surface area contributed by atoms with Crippen LogP contribution in [0.4, 0.5) is 0 Å². The third-order valence-corrected chi connectivity index (χ3v) is 3.42. The average molecular weight is 319 g/mol. The number of aryl methyl sites for hydroxylation is 1. The zero-order chi connectivity index (χ0) is 16.4. The smallest absolute Gasteiger partial charge is 0.330 e. The van der Waals surface area contributed by atoms with Crippen LogP contribution in [0, 0.1) is 0 Å². The van der Waals surface area contributed by atoms with Crippen LogP contribution < -0.4 is 14.7 Å². The lowest BCUT2D eigenvalue weighted by molar-refractivity contribution is -0.137. The fourth-order valence-corrected chi connectivity index (χ4v) is 2.31. The van der Waals surface area contributed by atoms with Crippen molar-refractivity contribution < 1.29 is 19.0 Å². The first kappa shape index (κ1) is 18.3. The van der Waals surface area contributed by atoms with Gasteiger partial charge >= 0.3 is 5.97 Å². The predicted octanol–water partition coefficient (Wildman–Crippen LogP) is 2.33. The summed E-state index contributed by atoms with van der Waals surface area (Å²) in [5, 5.41) is 0.883. The van der Waals surface area contributed by atoms with E-state index in [4.69, 9.17) is 14.2 Å². The normalized spacial score (nSPS) is 10.1. The van der Waals surface area contributed by atoms with E-state index in [1.165, 1.54) is 6.08 Å². The summed E-state index contributed by atoms with van der Waals surface area (Å²) < 4.78 is 16.4. The first-order valence-corrected chi connectivity index (χ1v) is 8.06. The van der Waals surface area contributed by atoms with E-state index in [2.05, 4.69) is 16.8 Å². The molecule has 5 heteroatoms. The molecule has 119 valence electrons. The van der Waals surface area contributed by atoms with Crippen molar-refractivity contribution >= 4 is 21.4 Å². The number of carbonyl (C=O) groups excluding carboxylic acids is 1. The molecule has 1 aromatic rings. The van der Waals surface area contributed by atoms with Gasteiger partial charge < -0.3 is 14.2 Å². The minimum Gasteiger partial charge on any atom is -0.490 e. The van der Waals surface area contributed by atoms with Crippen LogP contribution >= 0.6 is 0 Å². The van der Waals surface area contributed by atoms with Crippen molar-refractivity contribution in [2.24, 2.45) is 0 Å². The highest BCUT2D eigenvalue weighted by Crippen LogP contribution is 2.30. The molecule has 0 spiro atoms. The summed E-state index contributed by atoms with van der Waals surface area (Å²) in [6.45, 7) is 8.84. The Morgan fingerprint density at radius 2 is 1.86 bits per heavy atom. The van der Waals surface area contributed by atoms with Gasteiger partial charge in [0.2, 0.25) is 0 Å². The molecular weight excluding hydrogens is 296 g/mol. The maximum Gasteiger partial charge on any atom is 0.330 e. The summed E-state index contributed by atoms with van der Waals surface area (Å²) in [6, 6.07) is 4.00. The zero-order valence-corrected chi connectivity index (χ0v) is 14.3. The van der Waals surface area contributed by atoms with Gasteiger partial charge in [-0.2, -0.15) is 0 Å². The van der Waals surface area contributed by atoms with Crippen LogP contribution in [0.1, 0.15) is 32.3 Å². The minimum absolute atomic E-state index is 0.378. The van der Waals surface area contributed by atoms with Crippen molar-refractivity contribution in [3.63, 3.8) is 0 Å². The first-order chi connectivity index (χ1) is 10.6. The highest BCUT2D eigenvalue weighted by atomic mass is 28.1. The molecule has 0 aromatic heterocycles. The molecule has 0 aliphatic heterocycles. The summed E-state index contributed by atoms with van der Waals surface area (Å²) >= 11 is 0. The number of esters is 1. The Bertz CT molecular complexity index is 500. The van der Waals surface area contributed by atoms with Gasteiger partial charge in [-0.05, 0) is 43.9 Å². The second-order valence-electron chi connectivity index (χ2n) is 4.63. The van der Waals surface area contributed by atoms with E-state index < -0.39 is 0 Å². The van der Waals surface area contributed by atoms with E-state index in [9.17, 15) is 4.79 Å². The topological polar surface area (TPSA) is 44.8 Å². The molecule has 0 N–H and O–H groups in total. The molecule has 0 saturated heterocycles. The van der Waals surface area contributed by atoms with Crippen molar-refractivity contribution in [2.75, 3.05) is 19.8 Å². The van der Waals surface area contributed by atoms with Gasteiger partial charge in [0.1, 0.15) is 0 Å². The van der Waals surface area contributed by atoms with Crippen molar-refractivity contribution in [3.05, 3.63) is 30.4 Å². The number of benzene rings is 1. The van der Waals surface area contributed by atoms with E-state index in [1.54, 1.807) is 0 Å². The SMILES string of the molecule is C=CC(=O)OCCCCc1ccc([Si])c(OCC)c1OCC. The highest BCUT2D eigenvalue weighted by molar-refractivity contribution is 6.34. The summed E-state index contributed by atoms with van der Waals surface area (Å²) in [7, 11) is 3.55. The van der Waals surface area contributed by atoms with Crippen LogP contribution in [-0.2, 0) is 16.0 Å². The number of rotatable bonds is 10. The number of unbranched alkanes of at least 4 members (excludes halogenated alkanes) is 1. The molecule has 1 aromatic carbocycles. The lowest BCUT2D eigenvalue weighted by Crippen LogP contribution is -2.13. The summed E-state index contributed by atoms with van der Waals surface area (Å²) in [5.74, 6) is 1.16. The zero-order valence-electron chi connectivity index (χ0n) is 13.3. The van der Waals surface area contributed by atoms with Gasteiger partial charge in [-0.15, -0.1) is 0 Å². The van der Waals surface area contributed by atoms with Crippen molar-refractivity contribution in [1.82, 2.24) is 0 Å². The Morgan fingerprint density at radius 1 is 1.18 bits per heavy atom. The largest absolute Gasteiger partial charge is 0.490 e. The van der Waals surface area contributed by atoms with Gasteiger partial charge in [0, 0.05) is 6.08 Å². The van der Waals surface area contributed by atoms with E-state index in [0.717, 1.165) is 41.5 Å². The second kappa shape index (κ2) is 10.1. The molecule has 1 rings (SSSR count). The number of ether oxygens (including phenoxy) is 3. The van der Waals surface area contributed by atoms with Crippen LogP contribution in [0.15, 0.2) is 24.8 Å². The van der Waals surface area contributed by atoms with Gasteiger partial charge in [-0.3, -0.25) is 0 Å². The molecule has 0 unspecified atom stereocenters. The maximum absolute atomic E-state index is 11.0. The monoisotopic (exact) mass is 319 g/mol. The highest BCUT2D eigenvalue weighted by Gasteiger charge is 2.13. The van der Waals surface area contributed by atoms with Gasteiger partial charge in [-0.25, -0.2) is 4.79 Å². The van der Waals surface area contributed by atoms with Crippen molar-refractivity contribution in [3.8, 4) is 11.5 Å². The number of carbonyl (C=O) groups is 1.